The van der Waals surface area contributed by atoms with Crippen molar-refractivity contribution in [2.24, 2.45) is 0 Å². The smallest absolute Gasteiger partial charge is 0.132 e. The standard InChI is InChI=1S/C21H23Cl2N3O2/c1-13(2)19-18(12-28-15-10-8-14(9-11-15)21(3,4)27)26(25-24-19)20-16(22)6-5-7-17(20)23/h5-11,13,27H,12H2,1-4H3. The van der Waals surface area contributed by atoms with Crippen molar-refractivity contribution in [3.8, 4) is 11.4 Å². The maximum atomic E-state index is 10.1. The lowest BCUT2D eigenvalue weighted by Crippen LogP contribution is -2.15. The zero-order valence-electron chi connectivity index (χ0n) is 16.3. The van der Waals surface area contributed by atoms with Crippen molar-refractivity contribution in [1.29, 1.82) is 0 Å². The molecule has 0 radical (unpaired) electrons. The highest BCUT2D eigenvalue weighted by Crippen LogP contribution is 2.31. The molecule has 3 rings (SSSR count). The molecule has 0 unspecified atom stereocenters. The van der Waals surface area contributed by atoms with Crippen molar-refractivity contribution in [3.63, 3.8) is 0 Å². The van der Waals surface area contributed by atoms with Gasteiger partial charge in [-0.25, -0.2) is 4.68 Å². The average molecular weight is 420 g/mol. The van der Waals surface area contributed by atoms with Gasteiger partial charge in [0.05, 0.1) is 21.3 Å². The van der Waals surface area contributed by atoms with Crippen molar-refractivity contribution in [2.45, 2.75) is 45.8 Å². The first-order chi connectivity index (χ1) is 13.2. The number of halogens is 2. The second-order valence-electron chi connectivity index (χ2n) is 7.43. The van der Waals surface area contributed by atoms with Crippen LogP contribution in [0.25, 0.3) is 5.69 Å². The Hall–Kier alpha value is -2.08. The summed E-state index contributed by atoms with van der Waals surface area (Å²) in [6.07, 6.45) is 0. The molecule has 0 saturated heterocycles. The number of aromatic nitrogens is 3. The number of rotatable bonds is 6. The summed E-state index contributed by atoms with van der Waals surface area (Å²) < 4.78 is 7.63. The quantitative estimate of drug-likeness (QED) is 0.572. The average Bonchev–Trinajstić information content (AvgIpc) is 3.03. The van der Waals surface area contributed by atoms with E-state index in [0.717, 1.165) is 17.0 Å². The zero-order chi connectivity index (χ0) is 20.5. The fourth-order valence-electron chi connectivity index (χ4n) is 2.88. The lowest BCUT2D eigenvalue weighted by molar-refractivity contribution is 0.0785. The molecule has 1 aromatic heterocycles. The first-order valence-electron chi connectivity index (χ1n) is 9.03. The lowest BCUT2D eigenvalue weighted by Gasteiger charge is -2.18. The van der Waals surface area contributed by atoms with Gasteiger partial charge in [-0.05, 0) is 49.6 Å². The van der Waals surface area contributed by atoms with Crippen molar-refractivity contribution >= 4 is 23.2 Å². The molecule has 0 spiro atoms. The minimum Gasteiger partial charge on any atom is -0.487 e. The van der Waals surface area contributed by atoms with E-state index >= 15 is 0 Å². The summed E-state index contributed by atoms with van der Waals surface area (Å²) in [6.45, 7) is 7.84. The highest BCUT2D eigenvalue weighted by molar-refractivity contribution is 6.37. The maximum Gasteiger partial charge on any atom is 0.132 e. The van der Waals surface area contributed by atoms with Gasteiger partial charge in [-0.15, -0.1) is 5.10 Å². The Kier molecular flexibility index (Phi) is 5.98. The van der Waals surface area contributed by atoms with Crippen LogP contribution in [-0.2, 0) is 12.2 Å². The molecule has 0 fully saturated rings. The molecule has 0 saturated carbocycles. The third-order valence-electron chi connectivity index (χ3n) is 4.43. The van der Waals surface area contributed by atoms with E-state index in [0.29, 0.717) is 21.5 Å². The third kappa shape index (κ3) is 4.32. The van der Waals surface area contributed by atoms with Crippen LogP contribution in [0.1, 0.15) is 50.6 Å². The number of para-hydroxylation sites is 1. The van der Waals surface area contributed by atoms with Crippen molar-refractivity contribution in [1.82, 2.24) is 15.0 Å². The van der Waals surface area contributed by atoms with E-state index in [4.69, 9.17) is 27.9 Å². The van der Waals surface area contributed by atoms with E-state index in [2.05, 4.69) is 10.3 Å². The van der Waals surface area contributed by atoms with Gasteiger partial charge >= 0.3 is 0 Å². The molecular formula is C21H23Cl2N3O2. The van der Waals surface area contributed by atoms with Crippen LogP contribution < -0.4 is 4.74 Å². The summed E-state index contributed by atoms with van der Waals surface area (Å²) in [5.41, 5.74) is 2.12. The fourth-order valence-corrected chi connectivity index (χ4v) is 3.44. The van der Waals surface area contributed by atoms with Gasteiger partial charge in [-0.1, -0.05) is 60.5 Å². The van der Waals surface area contributed by atoms with E-state index < -0.39 is 5.60 Å². The minimum absolute atomic E-state index is 0.158. The molecule has 3 aromatic rings. The molecule has 7 heteroatoms. The molecule has 0 aliphatic rings. The molecule has 148 valence electrons. The summed E-state index contributed by atoms with van der Waals surface area (Å²) in [5, 5.41) is 19.7. The van der Waals surface area contributed by atoms with E-state index in [1.165, 1.54) is 0 Å². The van der Waals surface area contributed by atoms with Crippen molar-refractivity contribution in [3.05, 3.63) is 69.5 Å². The van der Waals surface area contributed by atoms with E-state index in [1.54, 1.807) is 36.7 Å². The number of ether oxygens (including phenoxy) is 1. The Labute approximate surface area is 174 Å². The molecule has 0 bridgehead atoms. The first-order valence-corrected chi connectivity index (χ1v) is 9.78. The summed E-state index contributed by atoms with van der Waals surface area (Å²) in [5.74, 6) is 0.840. The minimum atomic E-state index is -0.896. The summed E-state index contributed by atoms with van der Waals surface area (Å²) >= 11 is 12.7. The van der Waals surface area contributed by atoms with Crippen LogP contribution in [0.15, 0.2) is 42.5 Å². The van der Waals surface area contributed by atoms with Gasteiger partial charge in [0.25, 0.3) is 0 Å². The van der Waals surface area contributed by atoms with Crippen LogP contribution in [-0.4, -0.2) is 20.1 Å². The Balaban J connectivity index is 1.92. The Morgan fingerprint density at radius 1 is 1.07 bits per heavy atom. The lowest BCUT2D eigenvalue weighted by atomic mass is 9.99. The summed E-state index contributed by atoms with van der Waals surface area (Å²) in [7, 11) is 0. The predicted molar refractivity (Wildman–Crippen MR) is 111 cm³/mol. The third-order valence-corrected chi connectivity index (χ3v) is 5.04. The molecule has 0 aliphatic carbocycles. The van der Waals surface area contributed by atoms with E-state index in [1.807, 2.05) is 38.1 Å². The molecular weight excluding hydrogens is 397 g/mol. The van der Waals surface area contributed by atoms with Crippen LogP contribution in [0, 0.1) is 0 Å². The molecule has 0 atom stereocenters. The second kappa shape index (κ2) is 8.11. The Bertz CT molecular complexity index is 941. The topological polar surface area (TPSA) is 60.2 Å². The Morgan fingerprint density at radius 3 is 2.21 bits per heavy atom. The normalized spacial score (nSPS) is 11.9. The predicted octanol–water partition coefficient (Wildman–Crippen LogP) is 5.50. The SMILES string of the molecule is CC(C)c1nnn(-c2c(Cl)cccc2Cl)c1COc1ccc(C(C)(C)O)cc1. The van der Waals surface area contributed by atoms with Crippen LogP contribution in [0.4, 0.5) is 0 Å². The number of hydrogen-bond acceptors (Lipinski definition) is 4. The molecule has 2 aromatic carbocycles. The van der Waals surface area contributed by atoms with Crippen LogP contribution in [0.5, 0.6) is 5.75 Å². The number of hydrogen-bond donors (Lipinski definition) is 1. The fraction of sp³-hybridized carbons (Fsp3) is 0.333. The highest BCUT2D eigenvalue weighted by Gasteiger charge is 2.21. The van der Waals surface area contributed by atoms with Gasteiger partial charge in [-0.2, -0.15) is 0 Å². The van der Waals surface area contributed by atoms with Crippen molar-refractivity contribution < 1.29 is 9.84 Å². The molecule has 28 heavy (non-hydrogen) atoms. The van der Waals surface area contributed by atoms with Crippen LogP contribution in [0.2, 0.25) is 10.0 Å². The number of nitrogens with zero attached hydrogens (tertiary/aromatic N) is 3. The maximum absolute atomic E-state index is 10.1. The van der Waals surface area contributed by atoms with Gasteiger partial charge in [-0.3, -0.25) is 0 Å². The van der Waals surface area contributed by atoms with Gasteiger partial charge in [0.15, 0.2) is 0 Å². The zero-order valence-corrected chi connectivity index (χ0v) is 17.8. The monoisotopic (exact) mass is 419 g/mol. The van der Waals surface area contributed by atoms with E-state index in [-0.39, 0.29) is 12.5 Å². The molecule has 5 nitrogen and oxygen atoms in total. The molecule has 1 N–H and O–H groups in total. The Morgan fingerprint density at radius 2 is 1.68 bits per heavy atom. The van der Waals surface area contributed by atoms with Crippen molar-refractivity contribution in [2.75, 3.05) is 0 Å². The second-order valence-corrected chi connectivity index (χ2v) is 8.24. The number of aliphatic hydroxyl groups is 1. The van der Waals surface area contributed by atoms with Gasteiger partial charge in [0.1, 0.15) is 23.7 Å². The molecule has 0 aliphatic heterocycles. The van der Waals surface area contributed by atoms with E-state index in [9.17, 15) is 5.11 Å². The molecule has 0 amide bonds. The van der Waals surface area contributed by atoms with Gasteiger partial charge in [0, 0.05) is 0 Å². The number of benzene rings is 2. The molecule has 1 heterocycles. The largest absolute Gasteiger partial charge is 0.487 e. The highest BCUT2D eigenvalue weighted by atomic mass is 35.5. The van der Waals surface area contributed by atoms with Crippen LogP contribution in [0.3, 0.4) is 0 Å². The summed E-state index contributed by atoms with van der Waals surface area (Å²) in [4.78, 5) is 0. The van der Waals surface area contributed by atoms with Gasteiger partial charge < -0.3 is 9.84 Å². The summed E-state index contributed by atoms with van der Waals surface area (Å²) in [6, 6.07) is 12.7. The van der Waals surface area contributed by atoms with Crippen LogP contribution >= 0.6 is 23.2 Å². The van der Waals surface area contributed by atoms with Gasteiger partial charge in [0.2, 0.25) is 0 Å². The first kappa shape index (κ1) is 20.6.